The first-order valence-electron chi connectivity index (χ1n) is 12.1. The van der Waals surface area contributed by atoms with Gasteiger partial charge in [-0.2, -0.15) is 13.2 Å². The summed E-state index contributed by atoms with van der Waals surface area (Å²) in [6, 6.07) is 13.6. The first-order valence-corrected chi connectivity index (χ1v) is 12.1. The quantitative estimate of drug-likeness (QED) is 0.464. The molecule has 0 aliphatic carbocycles. The zero-order valence-electron chi connectivity index (χ0n) is 21.6. The largest absolute Gasteiger partial charge is 0.497 e. The van der Waals surface area contributed by atoms with Crippen LogP contribution in [0.4, 0.5) is 19.0 Å². The van der Waals surface area contributed by atoms with Gasteiger partial charge >= 0.3 is 6.18 Å². The molecule has 0 spiro atoms. The molecule has 8 nitrogen and oxygen atoms in total. The Balaban J connectivity index is 0.00000164. The van der Waals surface area contributed by atoms with Crippen molar-refractivity contribution >= 4 is 12.0 Å². The zero-order valence-corrected chi connectivity index (χ0v) is 21.6. The lowest BCUT2D eigenvalue weighted by atomic mass is 10.0. The number of anilines is 1. The van der Waals surface area contributed by atoms with Gasteiger partial charge in [-0.25, -0.2) is 0 Å². The topological polar surface area (TPSA) is 86.1 Å². The van der Waals surface area contributed by atoms with E-state index in [-0.39, 0.29) is 5.56 Å². The van der Waals surface area contributed by atoms with E-state index in [4.69, 9.17) is 14.2 Å². The number of fused-ring (bicyclic) bond motifs is 2. The third-order valence-corrected chi connectivity index (χ3v) is 5.66. The van der Waals surface area contributed by atoms with Crippen LogP contribution in [-0.2, 0) is 0 Å². The normalized spacial score (nSPS) is 16.7. The molecule has 1 atom stereocenters. The summed E-state index contributed by atoms with van der Waals surface area (Å²) in [6.45, 7) is 6.33. The number of methoxy groups -OCH3 is 1. The van der Waals surface area contributed by atoms with Crippen molar-refractivity contribution in [3.05, 3.63) is 64.4 Å². The van der Waals surface area contributed by atoms with E-state index in [0.717, 1.165) is 0 Å². The predicted octanol–water partition coefficient (Wildman–Crippen LogP) is 5.33. The lowest BCUT2D eigenvalue weighted by Gasteiger charge is -2.26. The lowest BCUT2D eigenvalue weighted by molar-refractivity contribution is -0.125. The minimum atomic E-state index is -4.41. The molecule has 2 N–H and O–H groups in total. The maximum absolute atomic E-state index is 13.8. The summed E-state index contributed by atoms with van der Waals surface area (Å²) in [7, 11) is 1.53. The first kappa shape index (κ1) is 27.1. The fourth-order valence-electron chi connectivity index (χ4n) is 4.10. The minimum absolute atomic E-state index is 0.311. The third kappa shape index (κ3) is 5.62. The number of hydrogen-bond acceptors (Lipinski definition) is 7. The van der Waals surface area contributed by atoms with Crippen LogP contribution in [0, 0.1) is 0 Å². The van der Waals surface area contributed by atoms with Gasteiger partial charge in [-0.05, 0) is 48.0 Å². The van der Waals surface area contributed by atoms with E-state index in [9.17, 15) is 18.0 Å². The van der Waals surface area contributed by atoms with Gasteiger partial charge in [-0.1, -0.05) is 19.9 Å². The van der Waals surface area contributed by atoms with Crippen LogP contribution in [0.1, 0.15) is 33.3 Å². The Kier molecular flexibility index (Phi) is 7.41. The number of rotatable bonds is 5. The maximum Gasteiger partial charge on any atom is 0.401 e. The second-order valence-corrected chi connectivity index (χ2v) is 8.79. The summed E-state index contributed by atoms with van der Waals surface area (Å²) in [6.07, 6.45) is -4.04. The second-order valence-electron chi connectivity index (χ2n) is 8.79. The van der Waals surface area contributed by atoms with Crippen molar-refractivity contribution in [1.29, 1.82) is 0 Å². The third-order valence-electron chi connectivity index (χ3n) is 5.66. The van der Waals surface area contributed by atoms with Gasteiger partial charge in [-0.3, -0.25) is 19.7 Å². The molecule has 1 unspecified atom stereocenters. The Morgan fingerprint density at radius 3 is 2.42 bits per heavy atom. The average molecular weight is 531 g/mol. The van der Waals surface area contributed by atoms with Gasteiger partial charge in [0.25, 0.3) is 5.56 Å². The Labute approximate surface area is 218 Å². The SMILES string of the molecule is CC.COc1ccc(-n2c3c(cc(-c4ccc5c(c4)OC(C)(C)O5)c2=O)C=NC(NCC(F)(F)F)N3)cc1. The van der Waals surface area contributed by atoms with Crippen LogP contribution < -0.4 is 30.4 Å². The van der Waals surface area contributed by atoms with Crippen LogP contribution in [0.2, 0.25) is 0 Å². The zero-order chi connectivity index (χ0) is 27.7. The molecule has 1 aromatic heterocycles. The molecule has 0 amide bonds. The molecule has 0 fully saturated rings. The van der Waals surface area contributed by atoms with Crippen LogP contribution in [0.3, 0.4) is 0 Å². The van der Waals surface area contributed by atoms with Gasteiger partial charge in [0.2, 0.25) is 5.79 Å². The number of benzene rings is 2. The van der Waals surface area contributed by atoms with Crippen LogP contribution in [0.15, 0.2) is 58.3 Å². The first-order chi connectivity index (χ1) is 18.0. The summed E-state index contributed by atoms with van der Waals surface area (Å²) in [4.78, 5) is 18.0. The van der Waals surface area contributed by atoms with E-state index in [0.29, 0.717) is 45.4 Å². The van der Waals surface area contributed by atoms with E-state index in [1.54, 1.807) is 62.4 Å². The van der Waals surface area contributed by atoms with Crippen LogP contribution in [-0.4, -0.2) is 42.7 Å². The highest BCUT2D eigenvalue weighted by molar-refractivity contribution is 5.91. The van der Waals surface area contributed by atoms with E-state index in [2.05, 4.69) is 15.6 Å². The lowest BCUT2D eigenvalue weighted by Crippen LogP contribution is -2.43. The van der Waals surface area contributed by atoms with Crippen molar-refractivity contribution in [2.45, 2.75) is 45.9 Å². The number of pyridine rings is 1. The van der Waals surface area contributed by atoms with Crippen molar-refractivity contribution in [2.75, 3.05) is 19.0 Å². The average Bonchev–Trinajstić information content (AvgIpc) is 3.21. The van der Waals surface area contributed by atoms with Gasteiger partial charge in [0.05, 0.1) is 19.3 Å². The van der Waals surface area contributed by atoms with Crippen molar-refractivity contribution in [3.63, 3.8) is 0 Å². The van der Waals surface area contributed by atoms with Crippen LogP contribution >= 0.6 is 0 Å². The molecule has 0 radical (unpaired) electrons. The Morgan fingerprint density at radius 1 is 1.08 bits per heavy atom. The summed E-state index contributed by atoms with van der Waals surface area (Å²) < 4.78 is 56.4. The van der Waals surface area contributed by atoms with Crippen molar-refractivity contribution in [2.24, 2.45) is 4.99 Å². The molecule has 3 aromatic rings. The van der Waals surface area contributed by atoms with Crippen LogP contribution in [0.5, 0.6) is 17.2 Å². The molecule has 5 rings (SSSR count). The highest BCUT2D eigenvalue weighted by Crippen LogP contribution is 2.41. The van der Waals surface area contributed by atoms with E-state index < -0.39 is 24.8 Å². The summed E-state index contributed by atoms with van der Waals surface area (Å²) in [5.74, 6) is 1.16. The van der Waals surface area contributed by atoms with Gasteiger partial charge in [-0.15, -0.1) is 0 Å². The van der Waals surface area contributed by atoms with Gasteiger partial charge in [0.1, 0.15) is 11.6 Å². The molecular formula is C27H29F3N4O4. The second kappa shape index (κ2) is 10.4. The van der Waals surface area contributed by atoms with Crippen molar-refractivity contribution in [3.8, 4) is 34.1 Å². The minimum Gasteiger partial charge on any atom is -0.497 e. The van der Waals surface area contributed by atoms with Gasteiger partial charge in [0, 0.05) is 31.2 Å². The van der Waals surface area contributed by atoms with E-state index in [1.807, 2.05) is 13.8 Å². The number of hydrogen-bond donors (Lipinski definition) is 2. The number of aromatic nitrogens is 1. The molecule has 0 saturated heterocycles. The fourth-order valence-corrected chi connectivity index (χ4v) is 4.10. The number of alkyl halides is 3. The molecule has 3 heterocycles. The maximum atomic E-state index is 13.8. The van der Waals surface area contributed by atoms with Crippen molar-refractivity contribution in [1.82, 2.24) is 9.88 Å². The Hall–Kier alpha value is -3.99. The number of ether oxygens (including phenoxy) is 3. The number of nitrogens with zero attached hydrogens (tertiary/aromatic N) is 2. The standard InChI is InChI=1S/C25H23F3N4O4.C2H6/c1-24(2)35-19-9-4-14(11-20(19)36-24)18-10-15-12-29-23(30-13-25(26,27)28)31-21(15)32(22(18)33)16-5-7-17(34-3)8-6-16;1-2/h4-12,23,30-31H,13H2,1-3H3;1-2H3. The molecule has 2 aliphatic rings. The summed E-state index contributed by atoms with van der Waals surface area (Å²) in [5, 5.41) is 5.22. The van der Waals surface area contributed by atoms with Gasteiger partial charge < -0.3 is 19.5 Å². The van der Waals surface area contributed by atoms with E-state index in [1.165, 1.54) is 17.9 Å². The Bertz CT molecular complexity index is 1400. The van der Waals surface area contributed by atoms with Crippen LogP contribution in [0.25, 0.3) is 16.8 Å². The number of halogens is 3. The smallest absolute Gasteiger partial charge is 0.401 e. The summed E-state index contributed by atoms with van der Waals surface area (Å²) >= 11 is 0. The molecule has 38 heavy (non-hydrogen) atoms. The number of aliphatic imine (C=N–C) groups is 1. The summed E-state index contributed by atoms with van der Waals surface area (Å²) in [5.41, 5.74) is 1.60. The fraction of sp³-hybridized carbons (Fsp3) is 0.333. The Morgan fingerprint density at radius 2 is 1.76 bits per heavy atom. The monoisotopic (exact) mass is 530 g/mol. The molecule has 202 valence electrons. The highest BCUT2D eigenvalue weighted by atomic mass is 19.4. The molecule has 0 bridgehead atoms. The molecule has 11 heteroatoms. The van der Waals surface area contributed by atoms with E-state index >= 15 is 0 Å². The predicted molar refractivity (Wildman–Crippen MR) is 140 cm³/mol. The molecular weight excluding hydrogens is 501 g/mol. The molecule has 2 aliphatic heterocycles. The highest BCUT2D eigenvalue weighted by Gasteiger charge is 2.33. The number of nitrogens with one attached hydrogen (secondary N) is 2. The van der Waals surface area contributed by atoms with Gasteiger partial charge in [0.15, 0.2) is 17.8 Å². The molecule has 0 saturated carbocycles. The van der Waals surface area contributed by atoms with Crippen molar-refractivity contribution < 1.29 is 27.4 Å². The molecule has 2 aromatic carbocycles.